The van der Waals surface area contributed by atoms with Gasteiger partial charge in [0.1, 0.15) is 0 Å². The van der Waals surface area contributed by atoms with Gasteiger partial charge in [0.2, 0.25) is 0 Å². The van der Waals surface area contributed by atoms with Gasteiger partial charge in [0.05, 0.1) is 12.1 Å². The van der Waals surface area contributed by atoms with Crippen LogP contribution in [0.2, 0.25) is 0 Å². The Kier molecular flexibility index (Phi) is 5.45. The number of rotatable bonds is 4. The van der Waals surface area contributed by atoms with Gasteiger partial charge in [0.25, 0.3) is 11.8 Å². The molecule has 0 aliphatic carbocycles. The Balaban J connectivity index is 1.39. The van der Waals surface area contributed by atoms with Gasteiger partial charge in [0, 0.05) is 30.9 Å². The van der Waals surface area contributed by atoms with Crippen molar-refractivity contribution in [3.8, 4) is 0 Å². The molecule has 150 valence electrons. The maximum atomic E-state index is 12.9. The maximum absolute atomic E-state index is 12.9. The molecule has 0 saturated carbocycles. The minimum atomic E-state index is -0.0395. The number of carbonyl (C=O) groups is 2. The minimum Gasteiger partial charge on any atom is -0.339 e. The van der Waals surface area contributed by atoms with Gasteiger partial charge < -0.3 is 10.6 Å². The minimum absolute atomic E-state index is 0.0395. The molecule has 2 amide bonds. The highest BCUT2D eigenvalue weighted by atomic mass is 16.2. The molecule has 2 aromatic rings. The molecule has 2 aliphatic rings. The first-order valence-electron chi connectivity index (χ1n) is 10.1. The predicted molar refractivity (Wildman–Crippen MR) is 114 cm³/mol. The molecule has 29 heavy (non-hydrogen) atoms. The molecule has 6 heteroatoms. The van der Waals surface area contributed by atoms with E-state index in [-0.39, 0.29) is 11.8 Å². The van der Waals surface area contributed by atoms with Crippen molar-refractivity contribution in [2.24, 2.45) is 10.8 Å². The van der Waals surface area contributed by atoms with Crippen LogP contribution in [0.1, 0.15) is 53.6 Å². The van der Waals surface area contributed by atoms with Crippen LogP contribution in [0.3, 0.4) is 0 Å². The molecule has 0 unspecified atom stereocenters. The van der Waals surface area contributed by atoms with Gasteiger partial charge in [0.15, 0.2) is 0 Å². The monoisotopic (exact) mass is 390 g/mol. The molecule has 2 heterocycles. The Hall–Kier alpha value is -2.99. The van der Waals surface area contributed by atoms with Crippen molar-refractivity contribution in [2.45, 2.75) is 38.6 Å². The number of carbonyl (C=O) groups excluding carboxylic acids is 2. The molecule has 0 aromatic heterocycles. The summed E-state index contributed by atoms with van der Waals surface area (Å²) in [6, 6.07) is 15.6. The number of amides is 2. The average molecular weight is 390 g/mol. The van der Waals surface area contributed by atoms with Crippen molar-refractivity contribution < 1.29 is 9.59 Å². The summed E-state index contributed by atoms with van der Waals surface area (Å²) in [5.41, 5.74) is 10.4. The van der Waals surface area contributed by atoms with Crippen molar-refractivity contribution in [1.29, 1.82) is 0 Å². The third kappa shape index (κ3) is 4.07. The smallest absolute Gasteiger partial charge is 0.253 e. The number of nitrogens with zero attached hydrogens (tertiary/aromatic N) is 3. The van der Waals surface area contributed by atoms with Gasteiger partial charge in [-0.05, 0) is 61.1 Å². The highest BCUT2D eigenvalue weighted by Gasteiger charge is 2.26. The molecule has 2 N–H and O–H groups in total. The zero-order chi connectivity index (χ0) is 20.4. The molecule has 0 radical (unpaired) electrons. The third-order valence-corrected chi connectivity index (χ3v) is 5.71. The van der Waals surface area contributed by atoms with E-state index in [9.17, 15) is 9.59 Å². The SMILES string of the molecule is CC1=NN(c2ccc(C(=O)N3CCC(c4cccc(CN)c4)CC3)cc2)C(=O)C1. The molecule has 4 rings (SSSR count). The molecule has 0 bridgehead atoms. The van der Waals surface area contributed by atoms with Crippen LogP contribution < -0.4 is 10.7 Å². The Morgan fingerprint density at radius 2 is 1.86 bits per heavy atom. The summed E-state index contributed by atoms with van der Waals surface area (Å²) in [4.78, 5) is 26.8. The number of hydrazone groups is 1. The van der Waals surface area contributed by atoms with E-state index < -0.39 is 0 Å². The van der Waals surface area contributed by atoms with Crippen LogP contribution in [0, 0.1) is 0 Å². The first-order valence-corrected chi connectivity index (χ1v) is 10.1. The fourth-order valence-corrected chi connectivity index (χ4v) is 4.08. The van der Waals surface area contributed by atoms with Crippen molar-refractivity contribution in [3.63, 3.8) is 0 Å². The highest BCUT2D eigenvalue weighted by Crippen LogP contribution is 2.29. The number of hydrogen-bond acceptors (Lipinski definition) is 4. The number of likely N-dealkylation sites (tertiary alicyclic amines) is 1. The normalized spacial score (nSPS) is 17.6. The number of benzene rings is 2. The molecule has 1 fully saturated rings. The highest BCUT2D eigenvalue weighted by molar-refractivity contribution is 6.12. The van der Waals surface area contributed by atoms with Crippen LogP contribution in [-0.2, 0) is 11.3 Å². The number of hydrogen-bond donors (Lipinski definition) is 1. The summed E-state index contributed by atoms with van der Waals surface area (Å²) in [5, 5.41) is 5.66. The molecule has 2 aromatic carbocycles. The van der Waals surface area contributed by atoms with E-state index in [2.05, 4.69) is 23.3 Å². The molecule has 0 spiro atoms. The molecule has 2 aliphatic heterocycles. The van der Waals surface area contributed by atoms with Crippen molar-refractivity contribution in [3.05, 3.63) is 65.2 Å². The van der Waals surface area contributed by atoms with Crippen molar-refractivity contribution in [1.82, 2.24) is 4.90 Å². The maximum Gasteiger partial charge on any atom is 0.253 e. The fraction of sp³-hybridized carbons (Fsp3) is 0.348. The van der Waals surface area contributed by atoms with Gasteiger partial charge >= 0.3 is 0 Å². The van der Waals surface area contributed by atoms with Crippen LogP contribution in [0.25, 0.3) is 0 Å². The lowest BCUT2D eigenvalue weighted by Gasteiger charge is -2.32. The summed E-state index contributed by atoms with van der Waals surface area (Å²) < 4.78 is 0. The molecule has 6 nitrogen and oxygen atoms in total. The van der Waals surface area contributed by atoms with E-state index in [1.54, 1.807) is 24.3 Å². The van der Waals surface area contributed by atoms with E-state index in [4.69, 9.17) is 5.73 Å². The van der Waals surface area contributed by atoms with Gasteiger partial charge in [-0.2, -0.15) is 5.10 Å². The molecular weight excluding hydrogens is 364 g/mol. The Bertz CT molecular complexity index is 944. The second kappa shape index (κ2) is 8.17. The number of piperidine rings is 1. The lowest BCUT2D eigenvalue weighted by atomic mass is 9.88. The van der Waals surface area contributed by atoms with Crippen LogP contribution in [0.4, 0.5) is 5.69 Å². The van der Waals surface area contributed by atoms with E-state index >= 15 is 0 Å². The fourth-order valence-electron chi connectivity index (χ4n) is 4.08. The molecule has 0 atom stereocenters. The van der Waals surface area contributed by atoms with Crippen LogP contribution in [0.5, 0.6) is 0 Å². The van der Waals surface area contributed by atoms with Gasteiger partial charge in [-0.3, -0.25) is 9.59 Å². The van der Waals surface area contributed by atoms with Gasteiger partial charge in [-0.1, -0.05) is 24.3 Å². The Morgan fingerprint density at radius 1 is 1.14 bits per heavy atom. The second-order valence-electron chi connectivity index (χ2n) is 7.78. The predicted octanol–water partition coefficient (Wildman–Crippen LogP) is 3.28. The summed E-state index contributed by atoms with van der Waals surface area (Å²) >= 11 is 0. The molecular formula is C23H26N4O2. The van der Waals surface area contributed by atoms with Crippen molar-refractivity contribution in [2.75, 3.05) is 18.1 Å². The zero-order valence-corrected chi connectivity index (χ0v) is 16.7. The Morgan fingerprint density at radius 3 is 2.48 bits per heavy atom. The van der Waals surface area contributed by atoms with E-state index in [1.165, 1.54) is 10.6 Å². The van der Waals surface area contributed by atoms with E-state index in [1.807, 2.05) is 17.9 Å². The number of nitrogens with two attached hydrogens (primary N) is 1. The average Bonchev–Trinajstić information content (AvgIpc) is 3.11. The standard InChI is InChI=1S/C23H26N4O2/c1-16-13-22(28)27(25-16)21-7-5-19(6-8-21)23(29)26-11-9-18(10-12-26)20-4-2-3-17(14-20)15-24/h2-8,14,18H,9-13,15,24H2,1H3. The van der Waals surface area contributed by atoms with Gasteiger partial charge in [-0.15, -0.1) is 0 Å². The second-order valence-corrected chi connectivity index (χ2v) is 7.78. The van der Waals surface area contributed by atoms with E-state index in [0.29, 0.717) is 30.1 Å². The van der Waals surface area contributed by atoms with Crippen LogP contribution >= 0.6 is 0 Å². The summed E-state index contributed by atoms with van der Waals surface area (Å²) in [5.74, 6) is 0.468. The quantitative estimate of drug-likeness (QED) is 0.870. The lowest BCUT2D eigenvalue weighted by molar-refractivity contribution is -0.116. The first kappa shape index (κ1) is 19.3. The topological polar surface area (TPSA) is 79.0 Å². The third-order valence-electron chi connectivity index (χ3n) is 5.71. The van der Waals surface area contributed by atoms with Crippen LogP contribution in [-0.4, -0.2) is 35.5 Å². The van der Waals surface area contributed by atoms with E-state index in [0.717, 1.165) is 37.2 Å². The summed E-state index contributed by atoms with van der Waals surface area (Å²) in [6.45, 7) is 3.87. The molecule has 1 saturated heterocycles. The van der Waals surface area contributed by atoms with Gasteiger partial charge in [-0.25, -0.2) is 5.01 Å². The van der Waals surface area contributed by atoms with Crippen molar-refractivity contribution >= 4 is 23.2 Å². The largest absolute Gasteiger partial charge is 0.339 e. The summed E-state index contributed by atoms with van der Waals surface area (Å²) in [7, 11) is 0. The first-order chi connectivity index (χ1) is 14.0. The van der Waals surface area contributed by atoms with Crippen LogP contribution in [0.15, 0.2) is 53.6 Å². The number of anilines is 1. The Labute approximate surface area is 171 Å². The summed E-state index contributed by atoms with van der Waals surface area (Å²) in [6.07, 6.45) is 2.26. The lowest BCUT2D eigenvalue weighted by Crippen LogP contribution is -2.37. The zero-order valence-electron chi connectivity index (χ0n) is 16.7.